The molecule has 2 rings (SSSR count). The van der Waals surface area contributed by atoms with E-state index in [1.807, 2.05) is 30.3 Å². The molecule has 1 saturated heterocycles. The van der Waals surface area contributed by atoms with Crippen LogP contribution < -0.4 is 0 Å². The van der Waals surface area contributed by atoms with Crippen LogP contribution in [0.25, 0.3) is 0 Å². The van der Waals surface area contributed by atoms with E-state index in [9.17, 15) is 18.0 Å². The topological polar surface area (TPSA) is 29.5 Å². The number of carbonyl (C=O) groups excluding carboxylic acids is 1. The second-order valence-corrected chi connectivity index (χ2v) is 4.83. The Morgan fingerprint density at radius 2 is 2.00 bits per heavy atom. The minimum atomic E-state index is -4.55. The van der Waals surface area contributed by atoms with Gasteiger partial charge in [-0.2, -0.15) is 13.2 Å². The normalized spacial score (nSPS) is 19.1. The van der Waals surface area contributed by atoms with Crippen LogP contribution in [-0.4, -0.2) is 34.8 Å². The van der Waals surface area contributed by atoms with E-state index in [2.05, 4.69) is 0 Å². The first kappa shape index (κ1) is 14.8. The Labute approximate surface area is 119 Å². The lowest BCUT2D eigenvalue weighted by atomic mass is 10.1. The van der Waals surface area contributed by atoms with Crippen molar-refractivity contribution in [3.63, 3.8) is 0 Å². The predicted octanol–water partition coefficient (Wildman–Crippen LogP) is 2.69. The number of ether oxygens (including phenoxy) is 1. The number of amides is 1. The van der Waals surface area contributed by atoms with E-state index in [-0.39, 0.29) is 11.8 Å². The van der Waals surface area contributed by atoms with Crippen LogP contribution in [0.15, 0.2) is 30.3 Å². The van der Waals surface area contributed by atoms with Gasteiger partial charge in [0.25, 0.3) is 5.17 Å². The summed E-state index contributed by atoms with van der Waals surface area (Å²) in [4.78, 5) is 12.7. The third kappa shape index (κ3) is 3.69. The SMILES string of the molecule is O=C(CC(F)(F)F)N1C(=S)OC[C@@H]1Cc1ccccc1. The highest BCUT2D eigenvalue weighted by molar-refractivity contribution is 7.80. The molecule has 1 atom stereocenters. The summed E-state index contributed by atoms with van der Waals surface area (Å²) in [5, 5.41) is -0.180. The van der Waals surface area contributed by atoms with Gasteiger partial charge < -0.3 is 4.74 Å². The average Bonchev–Trinajstić information content (AvgIpc) is 2.69. The molecule has 7 heteroatoms. The summed E-state index contributed by atoms with van der Waals surface area (Å²) in [6, 6.07) is 8.68. The summed E-state index contributed by atoms with van der Waals surface area (Å²) in [7, 11) is 0. The van der Waals surface area contributed by atoms with Gasteiger partial charge in [-0.25, -0.2) is 0 Å². The highest BCUT2D eigenvalue weighted by atomic mass is 32.1. The molecule has 20 heavy (non-hydrogen) atoms. The van der Waals surface area contributed by atoms with Crippen molar-refractivity contribution in [3.8, 4) is 0 Å². The molecule has 1 aromatic rings. The fraction of sp³-hybridized carbons (Fsp3) is 0.385. The average molecular weight is 303 g/mol. The zero-order valence-electron chi connectivity index (χ0n) is 10.4. The molecular formula is C13H12F3NO2S. The largest absolute Gasteiger partial charge is 0.468 e. The minimum absolute atomic E-state index is 0.122. The third-order valence-electron chi connectivity index (χ3n) is 2.90. The highest BCUT2D eigenvalue weighted by Crippen LogP contribution is 2.25. The molecule has 0 radical (unpaired) electrons. The summed E-state index contributed by atoms with van der Waals surface area (Å²) >= 11 is 4.81. The van der Waals surface area contributed by atoms with E-state index >= 15 is 0 Å². The highest BCUT2D eigenvalue weighted by Gasteiger charge is 2.40. The van der Waals surface area contributed by atoms with Crippen LogP contribution in [-0.2, 0) is 16.0 Å². The van der Waals surface area contributed by atoms with Crippen molar-refractivity contribution in [1.82, 2.24) is 4.90 Å². The van der Waals surface area contributed by atoms with Crippen molar-refractivity contribution in [3.05, 3.63) is 35.9 Å². The van der Waals surface area contributed by atoms with E-state index in [0.717, 1.165) is 10.5 Å². The Morgan fingerprint density at radius 1 is 1.35 bits per heavy atom. The molecule has 0 aliphatic carbocycles. The Hall–Kier alpha value is -1.63. The molecule has 0 unspecified atom stereocenters. The molecule has 0 aromatic heterocycles. The second-order valence-electron chi connectivity index (χ2n) is 4.48. The number of hydrogen-bond donors (Lipinski definition) is 0. The van der Waals surface area contributed by atoms with Crippen LogP contribution in [0, 0.1) is 0 Å². The van der Waals surface area contributed by atoms with Gasteiger partial charge in [-0.3, -0.25) is 9.69 Å². The maximum atomic E-state index is 12.3. The van der Waals surface area contributed by atoms with Gasteiger partial charge in [-0.1, -0.05) is 30.3 Å². The van der Waals surface area contributed by atoms with Gasteiger partial charge in [0, 0.05) is 0 Å². The molecule has 1 amide bonds. The van der Waals surface area contributed by atoms with E-state index in [4.69, 9.17) is 17.0 Å². The molecule has 1 aliphatic rings. The fourth-order valence-corrected chi connectivity index (χ4v) is 2.38. The zero-order valence-corrected chi connectivity index (χ0v) is 11.2. The lowest BCUT2D eigenvalue weighted by Crippen LogP contribution is -2.41. The van der Waals surface area contributed by atoms with Crippen LogP contribution in [0.3, 0.4) is 0 Å². The van der Waals surface area contributed by atoms with Gasteiger partial charge in [0.15, 0.2) is 0 Å². The maximum Gasteiger partial charge on any atom is 0.397 e. The molecule has 1 aromatic carbocycles. The van der Waals surface area contributed by atoms with E-state index < -0.39 is 24.5 Å². The number of benzene rings is 1. The molecule has 0 N–H and O–H groups in total. The number of alkyl halides is 3. The van der Waals surface area contributed by atoms with E-state index in [1.165, 1.54) is 0 Å². The van der Waals surface area contributed by atoms with Gasteiger partial charge >= 0.3 is 6.18 Å². The fourth-order valence-electron chi connectivity index (χ4n) is 2.06. The third-order valence-corrected chi connectivity index (χ3v) is 3.21. The minimum Gasteiger partial charge on any atom is -0.468 e. The lowest BCUT2D eigenvalue weighted by Gasteiger charge is -2.21. The number of carbonyl (C=O) groups is 1. The van der Waals surface area contributed by atoms with Crippen LogP contribution in [0.5, 0.6) is 0 Å². The molecule has 3 nitrogen and oxygen atoms in total. The molecule has 1 fully saturated rings. The van der Waals surface area contributed by atoms with Crippen molar-refractivity contribution >= 4 is 23.3 Å². The smallest absolute Gasteiger partial charge is 0.397 e. The van der Waals surface area contributed by atoms with Gasteiger partial charge in [0.05, 0.1) is 6.04 Å². The van der Waals surface area contributed by atoms with Crippen LogP contribution in [0.2, 0.25) is 0 Å². The number of thiocarbonyl (C=S) groups is 1. The molecule has 0 bridgehead atoms. The van der Waals surface area contributed by atoms with Crippen molar-refractivity contribution in [2.75, 3.05) is 6.61 Å². The van der Waals surface area contributed by atoms with E-state index in [0.29, 0.717) is 6.42 Å². The summed E-state index contributed by atoms with van der Waals surface area (Å²) in [5.41, 5.74) is 0.913. The molecular weight excluding hydrogens is 291 g/mol. The summed E-state index contributed by atoms with van der Waals surface area (Å²) in [6.07, 6.45) is -5.67. The number of rotatable bonds is 3. The van der Waals surface area contributed by atoms with Gasteiger partial charge in [0.1, 0.15) is 13.0 Å². The Morgan fingerprint density at radius 3 is 2.60 bits per heavy atom. The first-order valence-corrected chi connectivity index (χ1v) is 6.37. The predicted molar refractivity (Wildman–Crippen MR) is 70.0 cm³/mol. The Balaban J connectivity index is 2.09. The second kappa shape index (κ2) is 5.78. The zero-order chi connectivity index (χ0) is 14.8. The molecule has 1 aliphatic heterocycles. The summed E-state index contributed by atoms with van der Waals surface area (Å²) < 4.78 is 42.0. The lowest BCUT2D eigenvalue weighted by molar-refractivity contribution is -0.159. The first-order chi connectivity index (χ1) is 9.37. The Bertz CT molecular complexity index is 504. The standard InChI is InChI=1S/C13H12F3NO2S/c14-13(15,16)7-11(18)17-10(8-19-12(17)20)6-9-4-2-1-3-5-9/h1-5,10H,6-8H2/t10-/m0/s1. The van der Waals surface area contributed by atoms with Gasteiger partial charge in [-0.15, -0.1) is 0 Å². The quantitative estimate of drug-likeness (QED) is 0.804. The number of hydrogen-bond acceptors (Lipinski definition) is 3. The van der Waals surface area contributed by atoms with Crippen molar-refractivity contribution < 1.29 is 22.7 Å². The molecule has 0 saturated carbocycles. The monoisotopic (exact) mass is 303 g/mol. The van der Waals surface area contributed by atoms with E-state index in [1.54, 1.807) is 0 Å². The molecule has 108 valence electrons. The van der Waals surface area contributed by atoms with Gasteiger partial charge in [-0.05, 0) is 24.2 Å². The van der Waals surface area contributed by atoms with Crippen molar-refractivity contribution in [2.24, 2.45) is 0 Å². The summed E-state index contributed by atoms with van der Waals surface area (Å²) in [5.74, 6) is -1.07. The summed E-state index contributed by atoms with van der Waals surface area (Å²) in [6.45, 7) is 0.122. The first-order valence-electron chi connectivity index (χ1n) is 5.96. The van der Waals surface area contributed by atoms with Crippen LogP contribution >= 0.6 is 12.2 Å². The van der Waals surface area contributed by atoms with Crippen molar-refractivity contribution in [2.45, 2.75) is 25.1 Å². The van der Waals surface area contributed by atoms with Crippen LogP contribution in [0.1, 0.15) is 12.0 Å². The van der Waals surface area contributed by atoms with Crippen LogP contribution in [0.4, 0.5) is 13.2 Å². The number of halogens is 3. The van der Waals surface area contributed by atoms with Gasteiger partial charge in [0.2, 0.25) is 5.91 Å². The van der Waals surface area contributed by atoms with Crippen molar-refractivity contribution in [1.29, 1.82) is 0 Å². The molecule has 1 heterocycles. The Kier molecular flexibility index (Phi) is 4.27. The number of nitrogens with zero attached hydrogens (tertiary/aromatic N) is 1. The molecule has 0 spiro atoms. The maximum absolute atomic E-state index is 12.3.